The Morgan fingerprint density at radius 1 is 1.47 bits per heavy atom. The molecule has 0 heterocycles. The van der Waals surface area contributed by atoms with Gasteiger partial charge in [0.2, 0.25) is 10.0 Å². The number of hydrogen-bond acceptors (Lipinski definition) is 3. The zero-order valence-electron chi connectivity index (χ0n) is 9.77. The molecule has 0 spiro atoms. The highest BCUT2D eigenvalue weighted by atomic mass is 35.5. The Labute approximate surface area is 107 Å². The summed E-state index contributed by atoms with van der Waals surface area (Å²) < 4.78 is 26.2. The minimum atomic E-state index is -3.58. The van der Waals surface area contributed by atoms with Crippen molar-refractivity contribution >= 4 is 21.6 Å². The molecule has 1 rings (SSSR count). The fourth-order valence-corrected chi connectivity index (χ4v) is 2.87. The van der Waals surface area contributed by atoms with Crippen LogP contribution in [0.25, 0.3) is 0 Å². The number of halogens is 1. The summed E-state index contributed by atoms with van der Waals surface area (Å²) in [5.74, 6) is 0. The summed E-state index contributed by atoms with van der Waals surface area (Å²) in [6, 6.07) is 4.57. The van der Waals surface area contributed by atoms with Crippen molar-refractivity contribution in [1.82, 2.24) is 4.72 Å². The van der Waals surface area contributed by atoms with Gasteiger partial charge in [0.25, 0.3) is 0 Å². The monoisotopic (exact) mass is 277 g/mol. The summed E-state index contributed by atoms with van der Waals surface area (Å²) in [5.41, 5.74) is 0.580. The molecule has 0 bridgehead atoms. The number of sulfonamides is 1. The predicted molar refractivity (Wildman–Crippen MR) is 67.7 cm³/mol. The first-order valence-corrected chi connectivity index (χ1v) is 7.17. The van der Waals surface area contributed by atoms with E-state index in [-0.39, 0.29) is 11.4 Å². The molecule has 0 amide bonds. The van der Waals surface area contributed by atoms with Crippen molar-refractivity contribution in [2.24, 2.45) is 0 Å². The Hall–Kier alpha value is -0.620. The first-order chi connectivity index (χ1) is 7.86. The topological polar surface area (TPSA) is 66.4 Å². The first kappa shape index (κ1) is 14.4. The van der Waals surface area contributed by atoms with Crippen molar-refractivity contribution < 1.29 is 13.5 Å². The van der Waals surface area contributed by atoms with Gasteiger partial charge in [0.05, 0.1) is 11.0 Å². The molecular formula is C11H16ClNO3S. The highest BCUT2D eigenvalue weighted by molar-refractivity contribution is 7.89. The number of aryl methyl sites for hydroxylation is 1. The summed E-state index contributed by atoms with van der Waals surface area (Å²) >= 11 is 5.76. The molecule has 0 radical (unpaired) electrons. The molecule has 0 saturated carbocycles. The molecule has 17 heavy (non-hydrogen) atoms. The number of rotatable bonds is 5. The third-order valence-electron chi connectivity index (χ3n) is 2.41. The van der Waals surface area contributed by atoms with Crippen molar-refractivity contribution in [1.29, 1.82) is 0 Å². The summed E-state index contributed by atoms with van der Waals surface area (Å²) in [6.07, 6.45) is -0.167. The molecule has 0 aliphatic rings. The lowest BCUT2D eigenvalue weighted by Gasteiger charge is -2.12. The Bertz CT molecular complexity index is 487. The molecule has 0 fully saturated rings. The van der Waals surface area contributed by atoms with Crippen LogP contribution in [-0.2, 0) is 10.0 Å². The van der Waals surface area contributed by atoms with Crippen LogP contribution in [0, 0.1) is 6.92 Å². The fourth-order valence-electron chi connectivity index (χ4n) is 1.34. The molecule has 1 atom stereocenters. The van der Waals surface area contributed by atoms with Gasteiger partial charge in [-0.25, -0.2) is 13.1 Å². The van der Waals surface area contributed by atoms with Gasteiger partial charge in [-0.1, -0.05) is 18.5 Å². The van der Waals surface area contributed by atoms with E-state index in [9.17, 15) is 13.5 Å². The molecule has 0 aliphatic heterocycles. The van der Waals surface area contributed by atoms with Gasteiger partial charge in [0.1, 0.15) is 0 Å². The van der Waals surface area contributed by atoms with E-state index in [1.165, 1.54) is 12.1 Å². The predicted octanol–water partition coefficient (Wildman–Crippen LogP) is 1.70. The minimum Gasteiger partial charge on any atom is -0.392 e. The van der Waals surface area contributed by atoms with E-state index in [1.807, 2.05) is 0 Å². The van der Waals surface area contributed by atoms with Gasteiger partial charge in [-0.3, -0.25) is 0 Å². The van der Waals surface area contributed by atoms with E-state index in [0.717, 1.165) is 0 Å². The highest BCUT2D eigenvalue weighted by Gasteiger charge is 2.17. The number of hydrogen-bond donors (Lipinski definition) is 2. The van der Waals surface area contributed by atoms with Gasteiger partial charge in [-0.05, 0) is 37.1 Å². The normalized spacial score (nSPS) is 13.6. The van der Waals surface area contributed by atoms with Crippen LogP contribution < -0.4 is 4.72 Å². The summed E-state index contributed by atoms with van der Waals surface area (Å²) in [5, 5.41) is 9.83. The maximum absolute atomic E-state index is 11.9. The molecule has 1 aromatic rings. The second-order valence-corrected chi connectivity index (χ2v) is 6.00. The van der Waals surface area contributed by atoms with Gasteiger partial charge in [0, 0.05) is 11.6 Å². The van der Waals surface area contributed by atoms with Crippen LogP contribution in [0.1, 0.15) is 18.9 Å². The lowest BCUT2D eigenvalue weighted by Crippen LogP contribution is -2.32. The van der Waals surface area contributed by atoms with E-state index in [1.54, 1.807) is 19.9 Å². The number of aliphatic hydroxyl groups excluding tert-OH is 1. The van der Waals surface area contributed by atoms with Gasteiger partial charge in [0.15, 0.2) is 0 Å². The van der Waals surface area contributed by atoms with Gasteiger partial charge < -0.3 is 5.11 Å². The summed E-state index contributed by atoms with van der Waals surface area (Å²) in [4.78, 5) is 0.185. The molecule has 6 heteroatoms. The van der Waals surface area contributed by atoms with E-state index >= 15 is 0 Å². The molecule has 1 unspecified atom stereocenters. The highest BCUT2D eigenvalue weighted by Crippen LogP contribution is 2.19. The maximum Gasteiger partial charge on any atom is 0.240 e. The van der Waals surface area contributed by atoms with Crippen molar-refractivity contribution in [2.75, 3.05) is 6.54 Å². The Morgan fingerprint density at radius 2 is 2.12 bits per heavy atom. The third-order valence-corrected chi connectivity index (χ3v) is 4.23. The largest absolute Gasteiger partial charge is 0.392 e. The minimum absolute atomic E-state index is 0.0148. The van der Waals surface area contributed by atoms with Crippen LogP contribution in [-0.4, -0.2) is 26.2 Å². The molecule has 0 aromatic heterocycles. The van der Waals surface area contributed by atoms with Crippen LogP contribution in [0.3, 0.4) is 0 Å². The number of benzene rings is 1. The Kier molecular flexibility index (Phi) is 4.94. The van der Waals surface area contributed by atoms with Gasteiger partial charge in [-0.2, -0.15) is 0 Å². The van der Waals surface area contributed by atoms with Gasteiger partial charge in [-0.15, -0.1) is 0 Å². The molecule has 4 nitrogen and oxygen atoms in total. The van der Waals surface area contributed by atoms with Crippen molar-refractivity contribution in [3.05, 3.63) is 28.8 Å². The molecule has 96 valence electrons. The van der Waals surface area contributed by atoms with Crippen LogP contribution in [0.5, 0.6) is 0 Å². The molecule has 0 saturated heterocycles. The first-order valence-electron chi connectivity index (χ1n) is 5.30. The second-order valence-electron chi connectivity index (χ2n) is 3.82. The second kappa shape index (κ2) is 5.82. The van der Waals surface area contributed by atoms with E-state index in [4.69, 9.17) is 11.6 Å². The molecule has 1 aromatic carbocycles. The SMILES string of the molecule is CCC(O)CNS(=O)(=O)c1ccc(Cl)cc1C. The van der Waals surface area contributed by atoms with Crippen LogP contribution in [0.4, 0.5) is 0 Å². The number of nitrogens with one attached hydrogen (secondary N) is 1. The van der Waals surface area contributed by atoms with Crippen molar-refractivity contribution in [3.63, 3.8) is 0 Å². The van der Waals surface area contributed by atoms with Crippen molar-refractivity contribution in [2.45, 2.75) is 31.3 Å². The summed E-state index contributed by atoms with van der Waals surface area (Å²) in [6.45, 7) is 3.48. The molecule has 2 N–H and O–H groups in total. The van der Waals surface area contributed by atoms with Crippen LogP contribution in [0.2, 0.25) is 5.02 Å². The van der Waals surface area contributed by atoms with E-state index in [2.05, 4.69) is 4.72 Å². The zero-order chi connectivity index (χ0) is 13.1. The lowest BCUT2D eigenvalue weighted by atomic mass is 10.2. The average Bonchev–Trinajstić information content (AvgIpc) is 2.25. The Balaban J connectivity index is 2.90. The molecule has 0 aliphatic carbocycles. The molecular weight excluding hydrogens is 262 g/mol. The quantitative estimate of drug-likeness (QED) is 0.861. The lowest BCUT2D eigenvalue weighted by molar-refractivity contribution is 0.174. The average molecular weight is 278 g/mol. The summed E-state index contributed by atoms with van der Waals surface area (Å²) in [7, 11) is -3.58. The smallest absolute Gasteiger partial charge is 0.240 e. The van der Waals surface area contributed by atoms with Gasteiger partial charge >= 0.3 is 0 Å². The van der Waals surface area contributed by atoms with Crippen LogP contribution in [0.15, 0.2) is 23.1 Å². The zero-order valence-corrected chi connectivity index (χ0v) is 11.3. The van der Waals surface area contributed by atoms with Crippen molar-refractivity contribution in [3.8, 4) is 0 Å². The maximum atomic E-state index is 11.9. The van der Waals surface area contributed by atoms with Crippen LogP contribution >= 0.6 is 11.6 Å². The van der Waals surface area contributed by atoms with E-state index < -0.39 is 16.1 Å². The standard InChI is InChI=1S/C11H16ClNO3S/c1-3-10(14)7-13-17(15,16)11-5-4-9(12)6-8(11)2/h4-6,10,13-14H,3,7H2,1-2H3. The third kappa shape index (κ3) is 3.96. The van der Waals surface area contributed by atoms with E-state index in [0.29, 0.717) is 17.0 Å². The fraction of sp³-hybridized carbons (Fsp3) is 0.455. The number of aliphatic hydroxyl groups is 1. The Morgan fingerprint density at radius 3 is 2.65 bits per heavy atom.